The molecule has 1 aliphatic rings. The first-order valence-corrected chi connectivity index (χ1v) is 4.61. The number of rotatable bonds is 1. The van der Waals surface area contributed by atoms with Crippen LogP contribution in [0.25, 0.3) is 0 Å². The summed E-state index contributed by atoms with van der Waals surface area (Å²) in [6, 6.07) is 5.37. The molecule has 4 heteroatoms. The fraction of sp³-hybridized carbons (Fsp3) is 0.300. The maximum Gasteiger partial charge on any atom is 0.155 e. The Morgan fingerprint density at radius 3 is 2.93 bits per heavy atom. The van der Waals surface area contributed by atoms with Gasteiger partial charge in [-0.25, -0.2) is 4.99 Å². The summed E-state index contributed by atoms with van der Waals surface area (Å²) in [4.78, 5) is 4.25. The van der Waals surface area contributed by atoms with E-state index in [0.29, 0.717) is 17.2 Å². The molecule has 1 aromatic rings. The topological polar surface area (TPSA) is 73.6 Å². The summed E-state index contributed by atoms with van der Waals surface area (Å²) in [6.45, 7) is 2.01. The van der Waals surface area contributed by atoms with Crippen molar-refractivity contribution in [3.63, 3.8) is 0 Å². The quantitative estimate of drug-likeness (QED) is 0.659. The van der Waals surface area contributed by atoms with Crippen LogP contribution in [0.15, 0.2) is 23.2 Å². The van der Waals surface area contributed by atoms with Crippen LogP contribution in [0.2, 0.25) is 0 Å². The first-order valence-electron chi connectivity index (χ1n) is 4.61. The van der Waals surface area contributed by atoms with Gasteiger partial charge in [-0.15, -0.1) is 0 Å². The number of nitrogen functional groups attached to an aromatic ring is 1. The van der Waals surface area contributed by atoms with Gasteiger partial charge in [0.2, 0.25) is 0 Å². The van der Waals surface area contributed by atoms with Gasteiger partial charge in [-0.1, -0.05) is 6.92 Å². The number of amidine groups is 1. The van der Waals surface area contributed by atoms with Crippen molar-refractivity contribution in [2.24, 2.45) is 10.7 Å². The normalized spacial score (nSPS) is 19.5. The minimum absolute atomic E-state index is 0.105. The molecular weight excluding hydrogens is 178 g/mol. The van der Waals surface area contributed by atoms with E-state index in [1.54, 1.807) is 12.1 Å². The highest BCUT2D eigenvalue weighted by Crippen LogP contribution is 2.33. The third-order valence-corrected chi connectivity index (χ3v) is 2.20. The van der Waals surface area contributed by atoms with Gasteiger partial charge in [0.15, 0.2) is 6.10 Å². The van der Waals surface area contributed by atoms with Crippen molar-refractivity contribution in [3.05, 3.63) is 18.2 Å². The molecule has 1 aromatic carbocycles. The predicted molar refractivity (Wildman–Crippen MR) is 56.8 cm³/mol. The lowest BCUT2D eigenvalue weighted by molar-refractivity contribution is 0.257. The van der Waals surface area contributed by atoms with Gasteiger partial charge in [0.1, 0.15) is 17.3 Å². The van der Waals surface area contributed by atoms with E-state index in [4.69, 9.17) is 16.2 Å². The SMILES string of the molecule is CCC1Oc2ccc(N)cc2N=C1N. The third-order valence-electron chi connectivity index (χ3n) is 2.20. The Balaban J connectivity index is 2.43. The van der Waals surface area contributed by atoms with Gasteiger partial charge in [-0.3, -0.25) is 0 Å². The minimum Gasteiger partial charge on any atom is -0.480 e. The van der Waals surface area contributed by atoms with Crippen LogP contribution < -0.4 is 16.2 Å². The van der Waals surface area contributed by atoms with Crippen LogP contribution in [0.3, 0.4) is 0 Å². The van der Waals surface area contributed by atoms with Gasteiger partial charge in [0.25, 0.3) is 0 Å². The van der Waals surface area contributed by atoms with Crippen LogP contribution in [-0.4, -0.2) is 11.9 Å². The molecule has 0 amide bonds. The largest absolute Gasteiger partial charge is 0.480 e. The lowest BCUT2D eigenvalue weighted by atomic mass is 10.2. The highest BCUT2D eigenvalue weighted by Gasteiger charge is 2.20. The van der Waals surface area contributed by atoms with Crippen molar-refractivity contribution in [3.8, 4) is 5.75 Å². The van der Waals surface area contributed by atoms with Crippen LogP contribution in [-0.2, 0) is 0 Å². The van der Waals surface area contributed by atoms with E-state index in [9.17, 15) is 0 Å². The summed E-state index contributed by atoms with van der Waals surface area (Å²) in [6.07, 6.45) is 0.713. The van der Waals surface area contributed by atoms with E-state index in [-0.39, 0.29) is 6.10 Å². The molecule has 1 atom stereocenters. The summed E-state index contributed by atoms with van der Waals surface area (Å²) in [5.41, 5.74) is 12.7. The fourth-order valence-electron chi connectivity index (χ4n) is 1.44. The molecule has 0 spiro atoms. The van der Waals surface area contributed by atoms with Crippen molar-refractivity contribution in [2.45, 2.75) is 19.4 Å². The maximum atomic E-state index is 5.74. The molecule has 0 aliphatic carbocycles. The molecular formula is C10H13N3O. The van der Waals surface area contributed by atoms with Crippen LogP contribution >= 0.6 is 0 Å². The first-order chi connectivity index (χ1) is 6.70. The minimum atomic E-state index is -0.105. The van der Waals surface area contributed by atoms with E-state index in [1.165, 1.54) is 0 Å². The zero-order valence-corrected chi connectivity index (χ0v) is 8.03. The molecule has 1 unspecified atom stereocenters. The number of nitrogens with zero attached hydrogens (tertiary/aromatic N) is 1. The number of hydrogen-bond acceptors (Lipinski definition) is 4. The molecule has 0 bridgehead atoms. The van der Waals surface area contributed by atoms with Gasteiger partial charge >= 0.3 is 0 Å². The molecule has 14 heavy (non-hydrogen) atoms. The molecule has 4 N–H and O–H groups in total. The average molecular weight is 191 g/mol. The molecule has 0 fully saturated rings. The standard InChI is InChI=1S/C10H13N3O/c1-2-8-10(12)13-7-5-6(11)3-4-9(7)14-8/h3-5,8H,2,11H2,1H3,(H2,12,13). The molecule has 0 saturated carbocycles. The van der Waals surface area contributed by atoms with Crippen LogP contribution in [0.5, 0.6) is 5.75 Å². The summed E-state index contributed by atoms with van der Waals surface area (Å²) < 4.78 is 5.64. The van der Waals surface area contributed by atoms with E-state index in [2.05, 4.69) is 4.99 Å². The zero-order chi connectivity index (χ0) is 10.1. The van der Waals surface area contributed by atoms with E-state index in [1.807, 2.05) is 13.0 Å². The second-order valence-corrected chi connectivity index (χ2v) is 3.28. The Hall–Kier alpha value is -1.71. The first kappa shape index (κ1) is 8.87. The summed E-state index contributed by atoms with van der Waals surface area (Å²) in [7, 11) is 0. The Kier molecular flexibility index (Phi) is 2.04. The van der Waals surface area contributed by atoms with Gasteiger partial charge in [-0.2, -0.15) is 0 Å². The monoisotopic (exact) mass is 191 g/mol. The maximum absolute atomic E-state index is 5.74. The molecule has 74 valence electrons. The average Bonchev–Trinajstić information content (AvgIpc) is 2.16. The summed E-state index contributed by atoms with van der Waals surface area (Å²) in [5.74, 6) is 1.27. The summed E-state index contributed by atoms with van der Waals surface area (Å²) >= 11 is 0. The molecule has 1 heterocycles. The second-order valence-electron chi connectivity index (χ2n) is 3.28. The van der Waals surface area contributed by atoms with Crippen molar-refractivity contribution in [2.75, 3.05) is 5.73 Å². The molecule has 0 radical (unpaired) electrons. The fourth-order valence-corrected chi connectivity index (χ4v) is 1.44. The van der Waals surface area contributed by atoms with Crippen molar-refractivity contribution in [1.29, 1.82) is 0 Å². The Morgan fingerprint density at radius 1 is 1.43 bits per heavy atom. The number of aliphatic imine (C=N–C) groups is 1. The number of benzene rings is 1. The highest BCUT2D eigenvalue weighted by atomic mass is 16.5. The molecule has 0 aromatic heterocycles. The second kappa shape index (κ2) is 3.21. The Labute approximate surface area is 82.6 Å². The molecule has 4 nitrogen and oxygen atoms in total. The van der Waals surface area contributed by atoms with E-state index < -0.39 is 0 Å². The number of fused-ring (bicyclic) bond motifs is 1. The van der Waals surface area contributed by atoms with Crippen LogP contribution in [0, 0.1) is 0 Å². The third kappa shape index (κ3) is 1.39. The summed E-state index contributed by atoms with van der Waals surface area (Å²) in [5, 5.41) is 0. The Bertz CT molecular complexity index is 387. The number of ether oxygens (including phenoxy) is 1. The predicted octanol–water partition coefficient (Wildman–Crippen LogP) is 1.43. The highest BCUT2D eigenvalue weighted by molar-refractivity contribution is 5.90. The van der Waals surface area contributed by atoms with Gasteiger partial charge < -0.3 is 16.2 Å². The molecule has 1 aliphatic heterocycles. The Morgan fingerprint density at radius 2 is 2.21 bits per heavy atom. The van der Waals surface area contributed by atoms with Crippen LogP contribution in [0.1, 0.15) is 13.3 Å². The van der Waals surface area contributed by atoms with Gasteiger partial charge in [0.05, 0.1) is 0 Å². The number of hydrogen-bond donors (Lipinski definition) is 2. The lowest BCUT2D eigenvalue weighted by Gasteiger charge is -2.22. The number of nitrogens with two attached hydrogens (primary N) is 2. The van der Waals surface area contributed by atoms with Crippen LogP contribution in [0.4, 0.5) is 11.4 Å². The smallest absolute Gasteiger partial charge is 0.155 e. The van der Waals surface area contributed by atoms with E-state index >= 15 is 0 Å². The van der Waals surface area contributed by atoms with E-state index in [0.717, 1.165) is 12.2 Å². The zero-order valence-electron chi connectivity index (χ0n) is 8.03. The van der Waals surface area contributed by atoms with Crippen molar-refractivity contribution < 1.29 is 4.74 Å². The molecule has 0 saturated heterocycles. The number of anilines is 1. The van der Waals surface area contributed by atoms with Crippen molar-refractivity contribution in [1.82, 2.24) is 0 Å². The van der Waals surface area contributed by atoms with Gasteiger partial charge in [-0.05, 0) is 24.6 Å². The van der Waals surface area contributed by atoms with Crippen molar-refractivity contribution >= 4 is 17.2 Å². The lowest BCUT2D eigenvalue weighted by Crippen LogP contribution is -2.35. The van der Waals surface area contributed by atoms with Gasteiger partial charge in [0, 0.05) is 5.69 Å². The molecule has 2 rings (SSSR count).